The molecular formula is C11H14N2O3. The number of methoxy groups -OCH3 is 1. The predicted molar refractivity (Wildman–Crippen MR) is 57.6 cm³/mol. The molecule has 0 bridgehead atoms. The molecule has 0 aliphatic carbocycles. The second-order valence-corrected chi connectivity index (χ2v) is 3.80. The van der Waals surface area contributed by atoms with Gasteiger partial charge in [0.1, 0.15) is 6.04 Å². The molecule has 5 heteroatoms. The lowest BCUT2D eigenvalue weighted by Crippen LogP contribution is -2.34. The van der Waals surface area contributed by atoms with Crippen LogP contribution in [-0.2, 0) is 4.79 Å². The maximum atomic E-state index is 11.0. The Morgan fingerprint density at radius 3 is 3.00 bits per heavy atom. The van der Waals surface area contributed by atoms with E-state index in [4.69, 9.17) is 9.84 Å². The maximum Gasteiger partial charge on any atom is 0.321 e. The number of hydrogen-bond acceptors (Lipinski definition) is 4. The summed E-state index contributed by atoms with van der Waals surface area (Å²) in [6.45, 7) is 0.730. The first kappa shape index (κ1) is 10.9. The van der Waals surface area contributed by atoms with Crippen molar-refractivity contribution in [2.75, 3.05) is 13.7 Å². The number of aliphatic carboxylic acids is 1. The Labute approximate surface area is 93.5 Å². The van der Waals surface area contributed by atoms with Crippen LogP contribution in [0.4, 0.5) is 0 Å². The van der Waals surface area contributed by atoms with Crippen LogP contribution in [0.3, 0.4) is 0 Å². The average Bonchev–Trinajstić information content (AvgIpc) is 2.78. The van der Waals surface area contributed by atoms with E-state index in [1.165, 1.54) is 0 Å². The summed E-state index contributed by atoms with van der Waals surface area (Å²) in [5.74, 6) is -0.268. The van der Waals surface area contributed by atoms with Crippen molar-refractivity contribution in [3.63, 3.8) is 0 Å². The lowest BCUT2D eigenvalue weighted by Gasteiger charge is -2.15. The van der Waals surface area contributed by atoms with Gasteiger partial charge in [0.15, 0.2) is 0 Å². The maximum absolute atomic E-state index is 11.0. The number of aromatic nitrogens is 1. The minimum Gasteiger partial charge on any atom is -0.481 e. The lowest BCUT2D eigenvalue weighted by molar-refractivity contribution is -0.139. The van der Waals surface area contributed by atoms with Crippen LogP contribution in [0.5, 0.6) is 5.88 Å². The molecule has 0 saturated carbocycles. The van der Waals surface area contributed by atoms with Crippen molar-refractivity contribution in [3.05, 3.63) is 23.9 Å². The smallest absolute Gasteiger partial charge is 0.321 e. The number of ether oxygens (including phenoxy) is 1. The number of nitrogens with zero attached hydrogens (tertiary/aromatic N) is 1. The van der Waals surface area contributed by atoms with Crippen LogP contribution in [0.15, 0.2) is 18.3 Å². The van der Waals surface area contributed by atoms with Crippen molar-refractivity contribution in [2.45, 2.75) is 18.4 Å². The van der Waals surface area contributed by atoms with E-state index in [1.807, 2.05) is 6.07 Å². The zero-order chi connectivity index (χ0) is 11.5. The zero-order valence-corrected chi connectivity index (χ0v) is 9.01. The number of carboxylic acid groups (broad SMARTS) is 1. The summed E-state index contributed by atoms with van der Waals surface area (Å²) in [7, 11) is 1.55. The Balaban J connectivity index is 2.19. The molecule has 1 aromatic heterocycles. The molecule has 0 radical (unpaired) electrons. The lowest BCUT2D eigenvalue weighted by atomic mass is 9.93. The van der Waals surface area contributed by atoms with Gasteiger partial charge < -0.3 is 15.2 Å². The molecule has 1 aromatic rings. The van der Waals surface area contributed by atoms with Gasteiger partial charge in [0, 0.05) is 18.2 Å². The van der Waals surface area contributed by atoms with Crippen LogP contribution in [0.25, 0.3) is 0 Å². The fraction of sp³-hybridized carbons (Fsp3) is 0.455. The summed E-state index contributed by atoms with van der Waals surface area (Å²) < 4.78 is 4.96. The Kier molecular flexibility index (Phi) is 3.05. The third kappa shape index (κ3) is 1.99. The largest absolute Gasteiger partial charge is 0.481 e. The fourth-order valence-corrected chi connectivity index (χ4v) is 2.05. The van der Waals surface area contributed by atoms with Gasteiger partial charge in [-0.1, -0.05) is 6.07 Å². The first-order chi connectivity index (χ1) is 7.72. The van der Waals surface area contributed by atoms with Gasteiger partial charge in [-0.2, -0.15) is 0 Å². The van der Waals surface area contributed by atoms with Crippen LogP contribution in [0.1, 0.15) is 17.9 Å². The van der Waals surface area contributed by atoms with Gasteiger partial charge >= 0.3 is 5.97 Å². The molecule has 2 unspecified atom stereocenters. The summed E-state index contributed by atoms with van der Waals surface area (Å²) >= 11 is 0. The van der Waals surface area contributed by atoms with Crippen LogP contribution in [0.2, 0.25) is 0 Å². The van der Waals surface area contributed by atoms with Crippen molar-refractivity contribution < 1.29 is 14.6 Å². The number of pyridine rings is 1. The molecule has 1 fully saturated rings. The average molecular weight is 222 g/mol. The van der Waals surface area contributed by atoms with Gasteiger partial charge in [0.25, 0.3) is 0 Å². The number of rotatable bonds is 3. The van der Waals surface area contributed by atoms with E-state index >= 15 is 0 Å². The summed E-state index contributed by atoms with van der Waals surface area (Å²) in [6, 6.07) is 3.13. The fourth-order valence-electron chi connectivity index (χ4n) is 2.05. The van der Waals surface area contributed by atoms with Gasteiger partial charge in [0.2, 0.25) is 5.88 Å². The summed E-state index contributed by atoms with van der Waals surface area (Å²) in [5.41, 5.74) is 0.943. The molecule has 2 atom stereocenters. The Hall–Kier alpha value is -1.62. The molecule has 0 amide bonds. The molecule has 2 heterocycles. The molecule has 0 aromatic carbocycles. The minimum atomic E-state index is -0.807. The SMILES string of the molecule is COc1ccc(C2CCNC2C(=O)O)cn1. The van der Waals surface area contributed by atoms with Gasteiger partial charge in [-0.05, 0) is 18.5 Å². The first-order valence-electron chi connectivity index (χ1n) is 5.18. The summed E-state index contributed by atoms with van der Waals surface area (Å²) in [6.07, 6.45) is 2.51. The second-order valence-electron chi connectivity index (χ2n) is 3.80. The van der Waals surface area contributed by atoms with E-state index in [0.717, 1.165) is 18.5 Å². The summed E-state index contributed by atoms with van der Waals surface area (Å²) in [4.78, 5) is 15.1. The molecular weight excluding hydrogens is 208 g/mol. The van der Waals surface area contributed by atoms with Gasteiger partial charge in [-0.15, -0.1) is 0 Å². The van der Waals surface area contributed by atoms with E-state index in [0.29, 0.717) is 5.88 Å². The van der Waals surface area contributed by atoms with Crippen molar-refractivity contribution >= 4 is 5.97 Å². The molecule has 16 heavy (non-hydrogen) atoms. The normalized spacial score (nSPS) is 24.3. The van der Waals surface area contributed by atoms with E-state index in [2.05, 4.69) is 10.3 Å². The first-order valence-corrected chi connectivity index (χ1v) is 5.18. The predicted octanol–water partition coefficient (Wildman–Crippen LogP) is 0.620. The third-order valence-electron chi connectivity index (χ3n) is 2.88. The number of carbonyl (C=O) groups is 1. The third-order valence-corrected chi connectivity index (χ3v) is 2.88. The minimum absolute atomic E-state index is 0.00379. The summed E-state index contributed by atoms with van der Waals surface area (Å²) in [5, 5.41) is 12.0. The van der Waals surface area contributed by atoms with Gasteiger partial charge in [0.05, 0.1) is 7.11 Å². The van der Waals surface area contributed by atoms with Gasteiger partial charge in [-0.3, -0.25) is 4.79 Å². The standard InChI is InChI=1S/C11H14N2O3/c1-16-9-3-2-7(6-13-9)8-4-5-12-10(8)11(14)15/h2-3,6,8,10,12H,4-5H2,1H3,(H,14,15). The van der Waals surface area contributed by atoms with E-state index in [1.54, 1.807) is 19.4 Å². The molecule has 0 spiro atoms. The van der Waals surface area contributed by atoms with Crippen LogP contribution in [-0.4, -0.2) is 35.8 Å². The molecule has 1 saturated heterocycles. The van der Waals surface area contributed by atoms with Crippen LogP contribution in [0, 0.1) is 0 Å². The Bertz CT molecular complexity index is 377. The monoisotopic (exact) mass is 222 g/mol. The molecule has 1 aliphatic heterocycles. The Morgan fingerprint density at radius 2 is 2.44 bits per heavy atom. The van der Waals surface area contributed by atoms with Crippen molar-refractivity contribution in [1.29, 1.82) is 0 Å². The highest BCUT2D eigenvalue weighted by molar-refractivity contribution is 5.75. The molecule has 2 N–H and O–H groups in total. The quantitative estimate of drug-likeness (QED) is 0.784. The van der Waals surface area contributed by atoms with Gasteiger partial charge in [-0.25, -0.2) is 4.98 Å². The highest BCUT2D eigenvalue weighted by Gasteiger charge is 2.33. The van der Waals surface area contributed by atoms with E-state index in [-0.39, 0.29) is 5.92 Å². The molecule has 1 aliphatic rings. The van der Waals surface area contributed by atoms with E-state index < -0.39 is 12.0 Å². The van der Waals surface area contributed by atoms with Crippen molar-refractivity contribution in [1.82, 2.24) is 10.3 Å². The second kappa shape index (κ2) is 4.49. The van der Waals surface area contributed by atoms with Crippen molar-refractivity contribution in [3.8, 4) is 5.88 Å². The molecule has 86 valence electrons. The zero-order valence-electron chi connectivity index (χ0n) is 9.01. The van der Waals surface area contributed by atoms with E-state index in [9.17, 15) is 4.79 Å². The van der Waals surface area contributed by atoms with Crippen molar-refractivity contribution in [2.24, 2.45) is 0 Å². The number of hydrogen-bond donors (Lipinski definition) is 2. The molecule has 2 rings (SSSR count). The van der Waals surface area contributed by atoms with Crippen LogP contribution < -0.4 is 10.1 Å². The Morgan fingerprint density at radius 1 is 1.62 bits per heavy atom. The van der Waals surface area contributed by atoms with Crippen LogP contribution >= 0.6 is 0 Å². The topological polar surface area (TPSA) is 71.5 Å². The molecule has 5 nitrogen and oxygen atoms in total. The highest BCUT2D eigenvalue weighted by atomic mass is 16.5. The highest BCUT2D eigenvalue weighted by Crippen LogP contribution is 2.28. The number of carboxylic acids is 1. The number of nitrogens with one attached hydrogen (secondary N) is 1.